The minimum Gasteiger partial charge on any atom is -0.467 e. The van der Waals surface area contributed by atoms with Crippen LogP contribution in [0.3, 0.4) is 0 Å². The second-order valence-corrected chi connectivity index (χ2v) is 8.01. The largest absolute Gasteiger partial charge is 0.467 e. The third kappa shape index (κ3) is 3.26. The Bertz CT molecular complexity index is 970. The number of fused-ring (bicyclic) bond motifs is 3. The van der Waals surface area contributed by atoms with E-state index in [9.17, 15) is 4.79 Å². The van der Waals surface area contributed by atoms with Crippen molar-refractivity contribution >= 4 is 49.1 Å². The molecule has 0 aliphatic heterocycles. The summed E-state index contributed by atoms with van der Waals surface area (Å²) in [4.78, 5) is 23.2. The Kier molecular flexibility index (Phi) is 4.43. The van der Waals surface area contributed by atoms with Crippen LogP contribution in [0.2, 0.25) is 0 Å². The second-order valence-electron chi connectivity index (χ2n) is 6.01. The molecule has 0 fully saturated rings. The van der Waals surface area contributed by atoms with Gasteiger partial charge in [-0.15, -0.1) is 11.3 Å². The molecule has 25 heavy (non-hydrogen) atoms. The smallest absolute Gasteiger partial charge is 0.262 e. The summed E-state index contributed by atoms with van der Waals surface area (Å²) in [5.41, 5.74) is 3.06. The van der Waals surface area contributed by atoms with Gasteiger partial charge in [0.25, 0.3) is 5.91 Å². The zero-order valence-electron chi connectivity index (χ0n) is 13.6. The van der Waals surface area contributed by atoms with Gasteiger partial charge in [-0.1, -0.05) is 15.9 Å². The van der Waals surface area contributed by atoms with Crippen LogP contribution >= 0.6 is 27.3 Å². The van der Waals surface area contributed by atoms with Crippen molar-refractivity contribution < 1.29 is 9.53 Å². The molecule has 0 spiro atoms. The second kappa shape index (κ2) is 6.72. The van der Waals surface area contributed by atoms with Crippen molar-refractivity contribution in [3.05, 3.63) is 45.0 Å². The highest BCUT2D eigenvalue weighted by molar-refractivity contribution is 9.10. The lowest BCUT2D eigenvalue weighted by Gasteiger charge is -2.10. The average Bonchev–Trinajstić information content (AvgIpc) is 3.16. The number of anilines is 1. The third-order valence-corrected chi connectivity index (χ3v) is 5.96. The summed E-state index contributed by atoms with van der Waals surface area (Å²) in [6.45, 7) is 1.87. The monoisotopic (exact) mass is 417 g/mol. The van der Waals surface area contributed by atoms with Crippen molar-refractivity contribution in [2.45, 2.75) is 26.2 Å². The van der Waals surface area contributed by atoms with Crippen LogP contribution in [0.1, 0.15) is 22.4 Å². The van der Waals surface area contributed by atoms with Crippen molar-refractivity contribution in [3.8, 4) is 5.88 Å². The van der Waals surface area contributed by atoms with Gasteiger partial charge >= 0.3 is 0 Å². The van der Waals surface area contributed by atoms with E-state index in [0.29, 0.717) is 5.88 Å². The Morgan fingerprint density at radius 2 is 2.24 bits per heavy atom. The molecule has 0 saturated carbocycles. The van der Waals surface area contributed by atoms with Crippen LogP contribution in [0, 0.1) is 6.92 Å². The van der Waals surface area contributed by atoms with Crippen LogP contribution < -0.4 is 10.1 Å². The lowest BCUT2D eigenvalue weighted by atomic mass is 10.2. The van der Waals surface area contributed by atoms with Gasteiger partial charge in [0.1, 0.15) is 11.2 Å². The fourth-order valence-corrected chi connectivity index (χ4v) is 4.79. The molecular formula is C18H16BrN3O2S. The molecule has 0 saturated heterocycles. The first kappa shape index (κ1) is 16.5. The van der Waals surface area contributed by atoms with E-state index < -0.39 is 0 Å². The number of ether oxygens (including phenoxy) is 1. The highest BCUT2D eigenvalue weighted by Crippen LogP contribution is 2.39. The van der Waals surface area contributed by atoms with Gasteiger partial charge in [-0.2, -0.15) is 0 Å². The highest BCUT2D eigenvalue weighted by Gasteiger charge is 2.22. The maximum Gasteiger partial charge on any atom is 0.262 e. The Balaban J connectivity index is 1.50. The van der Waals surface area contributed by atoms with Crippen molar-refractivity contribution in [2.75, 3.05) is 11.9 Å². The molecule has 0 radical (unpaired) electrons. The quantitative estimate of drug-likeness (QED) is 0.688. The molecule has 3 aromatic rings. The fourth-order valence-electron chi connectivity index (χ4n) is 3.10. The van der Waals surface area contributed by atoms with Crippen LogP contribution in [-0.2, 0) is 17.6 Å². The van der Waals surface area contributed by atoms with Gasteiger partial charge in [-0.05, 0) is 55.5 Å². The summed E-state index contributed by atoms with van der Waals surface area (Å²) in [7, 11) is 0. The molecule has 2 aromatic heterocycles. The fraction of sp³-hybridized carbons (Fsp3) is 0.278. The lowest BCUT2D eigenvalue weighted by Crippen LogP contribution is -2.21. The number of nitrogens with zero attached hydrogens (tertiary/aromatic N) is 2. The molecule has 1 aromatic carbocycles. The molecule has 0 atom stereocenters. The predicted molar refractivity (Wildman–Crippen MR) is 102 cm³/mol. The van der Waals surface area contributed by atoms with Gasteiger partial charge in [0.2, 0.25) is 5.88 Å². The molecule has 128 valence electrons. The summed E-state index contributed by atoms with van der Waals surface area (Å²) in [6, 6.07) is 5.72. The number of amides is 1. The Morgan fingerprint density at radius 1 is 1.36 bits per heavy atom. The molecule has 5 nitrogen and oxygen atoms in total. The number of carbonyl (C=O) groups is 1. The van der Waals surface area contributed by atoms with Crippen molar-refractivity contribution in [1.29, 1.82) is 0 Å². The molecule has 1 aliphatic carbocycles. The van der Waals surface area contributed by atoms with Gasteiger partial charge in [0.05, 0.1) is 5.39 Å². The van der Waals surface area contributed by atoms with Crippen LogP contribution in [0.4, 0.5) is 5.69 Å². The molecule has 0 bridgehead atoms. The summed E-state index contributed by atoms with van der Waals surface area (Å²) in [5, 5.41) is 3.86. The van der Waals surface area contributed by atoms with E-state index in [-0.39, 0.29) is 12.5 Å². The van der Waals surface area contributed by atoms with E-state index in [1.54, 1.807) is 11.3 Å². The minimum atomic E-state index is -0.205. The van der Waals surface area contributed by atoms with Gasteiger partial charge in [0, 0.05) is 15.0 Å². The molecule has 1 aliphatic rings. The van der Waals surface area contributed by atoms with Crippen molar-refractivity contribution in [3.63, 3.8) is 0 Å². The molecule has 1 N–H and O–H groups in total. The normalized spacial score (nSPS) is 13.0. The molecular weight excluding hydrogens is 402 g/mol. The van der Waals surface area contributed by atoms with E-state index in [4.69, 9.17) is 4.74 Å². The van der Waals surface area contributed by atoms with Gasteiger partial charge < -0.3 is 10.1 Å². The number of aromatic nitrogens is 2. The van der Waals surface area contributed by atoms with Gasteiger partial charge in [-0.3, -0.25) is 4.79 Å². The zero-order valence-corrected chi connectivity index (χ0v) is 16.0. The molecule has 2 heterocycles. The third-order valence-electron chi connectivity index (χ3n) is 4.27. The van der Waals surface area contributed by atoms with E-state index >= 15 is 0 Å². The number of rotatable bonds is 4. The molecule has 0 unspecified atom stereocenters. The Hall–Kier alpha value is -1.99. The summed E-state index contributed by atoms with van der Waals surface area (Å²) in [6.07, 6.45) is 4.79. The van der Waals surface area contributed by atoms with Gasteiger partial charge in [-0.25, -0.2) is 9.97 Å². The predicted octanol–water partition coefficient (Wildman–Crippen LogP) is 4.27. The number of benzene rings is 1. The van der Waals surface area contributed by atoms with E-state index in [1.165, 1.54) is 16.8 Å². The van der Waals surface area contributed by atoms with Crippen LogP contribution in [-0.4, -0.2) is 22.5 Å². The van der Waals surface area contributed by atoms with Crippen molar-refractivity contribution in [1.82, 2.24) is 9.97 Å². The first-order valence-corrected chi connectivity index (χ1v) is 9.67. The van der Waals surface area contributed by atoms with Crippen LogP contribution in [0.25, 0.3) is 10.2 Å². The molecule has 4 rings (SSSR count). The number of thiophene rings is 1. The highest BCUT2D eigenvalue weighted by atomic mass is 79.9. The van der Waals surface area contributed by atoms with Crippen LogP contribution in [0.15, 0.2) is 29.0 Å². The Labute approximate surface area is 157 Å². The lowest BCUT2D eigenvalue weighted by molar-refractivity contribution is -0.118. The first-order valence-electron chi connectivity index (χ1n) is 8.06. The minimum absolute atomic E-state index is 0.0771. The first-order chi connectivity index (χ1) is 12.1. The maximum absolute atomic E-state index is 12.2. The van der Waals surface area contributed by atoms with Gasteiger partial charge in [0.15, 0.2) is 6.61 Å². The van der Waals surface area contributed by atoms with E-state index in [0.717, 1.165) is 45.2 Å². The SMILES string of the molecule is Cc1cc(Br)ccc1NC(=O)COc1ncnc2sc3c(c12)CCC3. The average molecular weight is 418 g/mol. The standard InChI is InChI=1S/C18H16BrN3O2S/c1-10-7-11(19)5-6-13(10)22-15(23)8-24-17-16-12-3-2-4-14(12)25-18(16)21-9-20-17/h5-7,9H,2-4,8H2,1H3,(H,22,23). The summed E-state index contributed by atoms with van der Waals surface area (Å²) >= 11 is 5.12. The summed E-state index contributed by atoms with van der Waals surface area (Å²) < 4.78 is 6.72. The van der Waals surface area contributed by atoms with E-state index in [1.807, 2.05) is 25.1 Å². The number of halogens is 1. The topological polar surface area (TPSA) is 64.1 Å². The van der Waals surface area contributed by atoms with Crippen LogP contribution in [0.5, 0.6) is 5.88 Å². The van der Waals surface area contributed by atoms with E-state index in [2.05, 4.69) is 31.2 Å². The molecule has 7 heteroatoms. The number of hydrogen-bond donors (Lipinski definition) is 1. The Morgan fingerprint density at radius 3 is 3.08 bits per heavy atom. The number of carbonyl (C=O) groups excluding carboxylic acids is 1. The number of nitrogens with one attached hydrogen (secondary N) is 1. The summed E-state index contributed by atoms with van der Waals surface area (Å²) in [5.74, 6) is 0.302. The number of hydrogen-bond acceptors (Lipinski definition) is 5. The maximum atomic E-state index is 12.2. The zero-order chi connectivity index (χ0) is 17.4. The molecule has 1 amide bonds. The number of aryl methyl sites for hydroxylation is 3. The van der Waals surface area contributed by atoms with Crippen molar-refractivity contribution in [2.24, 2.45) is 0 Å².